The van der Waals surface area contributed by atoms with Crippen molar-refractivity contribution in [1.29, 1.82) is 0 Å². The van der Waals surface area contributed by atoms with Gasteiger partial charge >= 0.3 is 0 Å². The standard InChI is InChI=1S/C11H9F2N3S2/c12-8-1-6(11(14)17)2-9(13)10(8)15-3-7-4-18-5-16-7/h1-2,4-5,15H,3H2,(H2,14,17). The molecular formula is C11H9F2N3S2. The lowest BCUT2D eigenvalue weighted by Crippen LogP contribution is -2.12. The van der Waals surface area contributed by atoms with Crippen molar-refractivity contribution in [2.45, 2.75) is 6.54 Å². The normalized spacial score (nSPS) is 10.3. The first kappa shape index (κ1) is 12.8. The van der Waals surface area contributed by atoms with Crippen LogP contribution in [0.5, 0.6) is 0 Å². The highest BCUT2D eigenvalue weighted by Gasteiger charge is 2.12. The Morgan fingerprint density at radius 1 is 1.39 bits per heavy atom. The molecule has 0 aliphatic carbocycles. The lowest BCUT2D eigenvalue weighted by molar-refractivity contribution is 0.587. The zero-order valence-corrected chi connectivity index (χ0v) is 10.7. The minimum absolute atomic E-state index is 0.0427. The number of hydrogen-bond donors (Lipinski definition) is 2. The summed E-state index contributed by atoms with van der Waals surface area (Å²) >= 11 is 6.09. The van der Waals surface area contributed by atoms with E-state index in [1.54, 1.807) is 10.9 Å². The number of nitrogens with one attached hydrogen (secondary N) is 1. The summed E-state index contributed by atoms with van der Waals surface area (Å²) in [6, 6.07) is 2.21. The molecule has 0 unspecified atom stereocenters. The third-order valence-corrected chi connectivity index (χ3v) is 3.13. The summed E-state index contributed by atoms with van der Waals surface area (Å²) in [4.78, 5) is 3.96. The molecule has 0 saturated carbocycles. The fraction of sp³-hybridized carbons (Fsp3) is 0.0909. The second kappa shape index (κ2) is 5.36. The van der Waals surface area contributed by atoms with Crippen molar-refractivity contribution in [3.63, 3.8) is 0 Å². The van der Waals surface area contributed by atoms with Crippen LogP contribution in [0.2, 0.25) is 0 Å². The predicted molar refractivity (Wildman–Crippen MR) is 71.7 cm³/mol. The van der Waals surface area contributed by atoms with E-state index in [0.717, 1.165) is 17.8 Å². The van der Waals surface area contributed by atoms with E-state index in [-0.39, 0.29) is 22.8 Å². The van der Waals surface area contributed by atoms with E-state index in [1.165, 1.54) is 11.3 Å². The maximum Gasteiger partial charge on any atom is 0.150 e. The molecule has 3 N–H and O–H groups in total. The molecule has 0 atom stereocenters. The van der Waals surface area contributed by atoms with Crippen molar-refractivity contribution in [3.05, 3.63) is 45.9 Å². The van der Waals surface area contributed by atoms with E-state index in [0.29, 0.717) is 0 Å². The van der Waals surface area contributed by atoms with Gasteiger partial charge < -0.3 is 11.1 Å². The number of aromatic nitrogens is 1. The molecule has 3 nitrogen and oxygen atoms in total. The summed E-state index contributed by atoms with van der Waals surface area (Å²) in [5.41, 5.74) is 7.65. The summed E-state index contributed by atoms with van der Waals surface area (Å²) in [6.07, 6.45) is 0. The Morgan fingerprint density at radius 3 is 2.56 bits per heavy atom. The van der Waals surface area contributed by atoms with Crippen molar-refractivity contribution >= 4 is 34.2 Å². The average molecular weight is 285 g/mol. The predicted octanol–water partition coefficient (Wildman–Crippen LogP) is 2.67. The van der Waals surface area contributed by atoms with Crippen LogP contribution in [0.25, 0.3) is 0 Å². The second-order valence-corrected chi connectivity index (χ2v) is 4.67. The van der Waals surface area contributed by atoms with Gasteiger partial charge in [0.15, 0.2) is 0 Å². The molecule has 0 aliphatic rings. The number of thiocarbonyl (C=S) groups is 1. The van der Waals surface area contributed by atoms with E-state index in [2.05, 4.69) is 22.5 Å². The molecule has 0 saturated heterocycles. The monoisotopic (exact) mass is 285 g/mol. The van der Waals surface area contributed by atoms with Gasteiger partial charge in [-0.2, -0.15) is 0 Å². The van der Waals surface area contributed by atoms with E-state index in [4.69, 9.17) is 5.73 Å². The molecule has 0 aliphatic heterocycles. The number of benzene rings is 1. The van der Waals surface area contributed by atoms with Gasteiger partial charge in [0, 0.05) is 10.9 Å². The van der Waals surface area contributed by atoms with Gasteiger partial charge in [-0.25, -0.2) is 13.8 Å². The van der Waals surface area contributed by atoms with Crippen LogP contribution in [0.1, 0.15) is 11.3 Å². The van der Waals surface area contributed by atoms with Crippen LogP contribution >= 0.6 is 23.6 Å². The molecule has 2 rings (SSSR count). The van der Waals surface area contributed by atoms with Gasteiger partial charge in [-0.15, -0.1) is 11.3 Å². The minimum atomic E-state index is -0.729. The third-order valence-electron chi connectivity index (χ3n) is 2.26. The average Bonchev–Trinajstić information content (AvgIpc) is 2.80. The van der Waals surface area contributed by atoms with Crippen LogP contribution in [-0.2, 0) is 6.54 Å². The van der Waals surface area contributed by atoms with Crippen LogP contribution in [0.4, 0.5) is 14.5 Å². The van der Waals surface area contributed by atoms with Gasteiger partial charge in [-0.05, 0) is 12.1 Å². The number of anilines is 1. The second-order valence-electron chi connectivity index (χ2n) is 3.51. The topological polar surface area (TPSA) is 50.9 Å². The minimum Gasteiger partial charge on any atom is -0.389 e. The Balaban J connectivity index is 2.20. The smallest absolute Gasteiger partial charge is 0.150 e. The van der Waals surface area contributed by atoms with Crippen LogP contribution in [0.3, 0.4) is 0 Å². The van der Waals surface area contributed by atoms with Crippen molar-refractivity contribution in [2.24, 2.45) is 5.73 Å². The van der Waals surface area contributed by atoms with Crippen LogP contribution in [0.15, 0.2) is 23.0 Å². The van der Waals surface area contributed by atoms with Gasteiger partial charge in [0.05, 0.1) is 17.7 Å². The molecule has 0 radical (unpaired) electrons. The van der Waals surface area contributed by atoms with Gasteiger partial charge in [-0.3, -0.25) is 0 Å². The first-order chi connectivity index (χ1) is 8.58. The van der Waals surface area contributed by atoms with E-state index in [1.807, 2.05) is 0 Å². The van der Waals surface area contributed by atoms with Crippen LogP contribution < -0.4 is 11.1 Å². The molecule has 1 aromatic carbocycles. The number of halogens is 2. The van der Waals surface area contributed by atoms with Gasteiger partial charge in [0.25, 0.3) is 0 Å². The third kappa shape index (κ3) is 2.80. The molecule has 2 aromatic rings. The van der Waals surface area contributed by atoms with Crippen molar-refractivity contribution < 1.29 is 8.78 Å². The summed E-state index contributed by atoms with van der Waals surface area (Å²) < 4.78 is 27.3. The van der Waals surface area contributed by atoms with Crippen molar-refractivity contribution in [3.8, 4) is 0 Å². The van der Waals surface area contributed by atoms with Gasteiger partial charge in [0.1, 0.15) is 22.3 Å². The molecule has 1 heterocycles. The zero-order chi connectivity index (χ0) is 13.1. The number of rotatable bonds is 4. The van der Waals surface area contributed by atoms with Crippen LogP contribution in [0, 0.1) is 11.6 Å². The zero-order valence-electron chi connectivity index (χ0n) is 9.11. The quantitative estimate of drug-likeness (QED) is 0.848. The SMILES string of the molecule is NC(=S)c1cc(F)c(NCc2cscn2)c(F)c1. The molecule has 18 heavy (non-hydrogen) atoms. The number of thiazole rings is 1. The fourth-order valence-electron chi connectivity index (χ4n) is 1.39. The van der Waals surface area contributed by atoms with Crippen molar-refractivity contribution in [1.82, 2.24) is 4.98 Å². The molecule has 0 fully saturated rings. The van der Waals surface area contributed by atoms with Gasteiger partial charge in [0.2, 0.25) is 0 Å². The summed E-state index contributed by atoms with van der Waals surface area (Å²) in [7, 11) is 0. The Kier molecular flexibility index (Phi) is 3.83. The maximum atomic E-state index is 13.7. The Morgan fingerprint density at radius 2 is 2.06 bits per heavy atom. The fourth-order valence-corrected chi connectivity index (χ4v) is 2.06. The summed E-state index contributed by atoms with van der Waals surface area (Å²) in [6.45, 7) is 0.254. The Bertz CT molecular complexity index is 547. The highest BCUT2D eigenvalue weighted by molar-refractivity contribution is 7.80. The Hall–Kier alpha value is -1.60. The molecule has 0 spiro atoms. The van der Waals surface area contributed by atoms with Crippen LogP contribution in [-0.4, -0.2) is 9.97 Å². The highest BCUT2D eigenvalue weighted by atomic mass is 32.1. The molecule has 0 amide bonds. The maximum absolute atomic E-state index is 13.7. The summed E-state index contributed by atoms with van der Waals surface area (Å²) in [5, 5.41) is 4.46. The van der Waals surface area contributed by atoms with Gasteiger partial charge in [-0.1, -0.05) is 12.2 Å². The van der Waals surface area contributed by atoms with Crippen molar-refractivity contribution in [2.75, 3.05) is 5.32 Å². The lowest BCUT2D eigenvalue weighted by atomic mass is 10.2. The Labute approximate surface area is 112 Å². The van der Waals surface area contributed by atoms with E-state index in [9.17, 15) is 8.78 Å². The van der Waals surface area contributed by atoms with E-state index >= 15 is 0 Å². The number of nitrogens with zero attached hydrogens (tertiary/aromatic N) is 1. The summed E-state index contributed by atoms with van der Waals surface area (Å²) in [5.74, 6) is -1.46. The molecule has 1 aromatic heterocycles. The number of nitrogens with two attached hydrogens (primary N) is 1. The van der Waals surface area contributed by atoms with E-state index < -0.39 is 11.6 Å². The lowest BCUT2D eigenvalue weighted by Gasteiger charge is -2.09. The first-order valence-corrected chi connectivity index (χ1v) is 6.33. The molecule has 0 bridgehead atoms. The molecule has 7 heteroatoms. The first-order valence-electron chi connectivity index (χ1n) is 4.97. The highest BCUT2D eigenvalue weighted by Crippen LogP contribution is 2.21. The largest absolute Gasteiger partial charge is 0.389 e. The number of hydrogen-bond acceptors (Lipinski definition) is 4. The molecule has 94 valence electrons. The molecular weight excluding hydrogens is 276 g/mol.